The Hall–Kier alpha value is -0.910. The van der Waals surface area contributed by atoms with E-state index in [0.29, 0.717) is 19.5 Å². The van der Waals surface area contributed by atoms with Gasteiger partial charge in [0.1, 0.15) is 0 Å². The van der Waals surface area contributed by atoms with Gasteiger partial charge < -0.3 is 5.73 Å². The van der Waals surface area contributed by atoms with Crippen LogP contribution in [0.4, 0.5) is 0 Å². The Balaban J connectivity index is 2.53. The molecule has 0 saturated heterocycles. The van der Waals surface area contributed by atoms with Crippen LogP contribution in [0, 0.1) is 0 Å². The first-order valence-corrected chi connectivity index (χ1v) is 8.90. The minimum Gasteiger partial charge on any atom is -0.330 e. The van der Waals surface area contributed by atoms with Crippen molar-refractivity contribution in [2.75, 3.05) is 18.8 Å². The van der Waals surface area contributed by atoms with Crippen LogP contribution in [0.1, 0.15) is 43.7 Å². The van der Waals surface area contributed by atoms with Gasteiger partial charge in [-0.2, -0.15) is 0 Å². The molecule has 0 aliphatic carbocycles. The van der Waals surface area contributed by atoms with Gasteiger partial charge in [0, 0.05) is 6.54 Å². The van der Waals surface area contributed by atoms with Crippen LogP contribution in [0.2, 0.25) is 0 Å². The van der Waals surface area contributed by atoms with E-state index < -0.39 is 10.0 Å². The number of aryl methyl sites for hydroxylation is 1. The number of hydrogen-bond donors (Lipinski definition) is 2. The number of benzene rings is 1. The third-order valence-corrected chi connectivity index (χ3v) is 4.85. The maximum atomic E-state index is 11.6. The van der Waals surface area contributed by atoms with Gasteiger partial charge in [0.15, 0.2) is 0 Å². The Morgan fingerprint density at radius 3 is 2.45 bits per heavy atom. The van der Waals surface area contributed by atoms with Crippen LogP contribution >= 0.6 is 0 Å². The standard InChI is InChI=1S/C15H26N2O2S/c1-3-11-20(18,19)17-12-13(2)15-8-6-14(7-9-15)5-4-10-16/h6-9,13,17H,3-5,10-12,16H2,1-2H3. The fourth-order valence-electron chi connectivity index (χ4n) is 2.03. The molecule has 3 N–H and O–H groups in total. The van der Waals surface area contributed by atoms with Crippen LogP contribution in [0.15, 0.2) is 24.3 Å². The van der Waals surface area contributed by atoms with Gasteiger partial charge in [-0.05, 0) is 42.9 Å². The van der Waals surface area contributed by atoms with Crippen molar-refractivity contribution in [1.82, 2.24) is 4.72 Å². The molecule has 0 saturated carbocycles. The lowest BCUT2D eigenvalue weighted by atomic mass is 9.99. The molecule has 1 aromatic rings. The molecule has 0 aromatic heterocycles. The van der Waals surface area contributed by atoms with E-state index >= 15 is 0 Å². The van der Waals surface area contributed by atoms with Crippen LogP contribution in [0.3, 0.4) is 0 Å². The van der Waals surface area contributed by atoms with Crippen LogP contribution in [-0.4, -0.2) is 27.3 Å². The van der Waals surface area contributed by atoms with E-state index in [4.69, 9.17) is 5.73 Å². The monoisotopic (exact) mass is 298 g/mol. The maximum absolute atomic E-state index is 11.6. The van der Waals surface area contributed by atoms with Gasteiger partial charge >= 0.3 is 0 Å². The second-order valence-corrected chi connectivity index (χ2v) is 7.13. The molecule has 1 atom stereocenters. The number of sulfonamides is 1. The van der Waals surface area contributed by atoms with Crippen LogP contribution in [0.25, 0.3) is 0 Å². The zero-order valence-electron chi connectivity index (χ0n) is 12.4. The summed E-state index contributed by atoms with van der Waals surface area (Å²) in [5.41, 5.74) is 7.92. The largest absolute Gasteiger partial charge is 0.330 e. The van der Waals surface area contributed by atoms with Gasteiger partial charge in [0.2, 0.25) is 10.0 Å². The first kappa shape index (κ1) is 17.1. The number of rotatable bonds is 9. The molecule has 0 bridgehead atoms. The molecule has 0 heterocycles. The topological polar surface area (TPSA) is 72.2 Å². The average molecular weight is 298 g/mol. The van der Waals surface area contributed by atoms with Gasteiger partial charge in [-0.15, -0.1) is 0 Å². The fourth-order valence-corrected chi connectivity index (χ4v) is 3.22. The van der Waals surface area contributed by atoms with E-state index in [1.54, 1.807) is 0 Å². The van der Waals surface area contributed by atoms with E-state index in [2.05, 4.69) is 29.0 Å². The van der Waals surface area contributed by atoms with E-state index in [-0.39, 0.29) is 11.7 Å². The maximum Gasteiger partial charge on any atom is 0.211 e. The first-order valence-electron chi connectivity index (χ1n) is 7.24. The van der Waals surface area contributed by atoms with Gasteiger partial charge in [0.25, 0.3) is 0 Å². The van der Waals surface area contributed by atoms with Gasteiger partial charge in [0.05, 0.1) is 5.75 Å². The van der Waals surface area contributed by atoms with Gasteiger partial charge in [-0.25, -0.2) is 13.1 Å². The molecule has 0 amide bonds. The Morgan fingerprint density at radius 1 is 1.25 bits per heavy atom. The van der Waals surface area contributed by atoms with Crippen molar-refractivity contribution in [3.8, 4) is 0 Å². The third kappa shape index (κ3) is 6.03. The van der Waals surface area contributed by atoms with Crippen molar-refractivity contribution in [1.29, 1.82) is 0 Å². The van der Waals surface area contributed by atoms with Crippen molar-refractivity contribution in [3.05, 3.63) is 35.4 Å². The van der Waals surface area contributed by atoms with Crippen molar-refractivity contribution in [2.45, 2.75) is 39.0 Å². The molecule has 114 valence electrons. The summed E-state index contributed by atoms with van der Waals surface area (Å²) in [5.74, 6) is 0.364. The lowest BCUT2D eigenvalue weighted by molar-refractivity contribution is 0.573. The average Bonchev–Trinajstić information content (AvgIpc) is 2.43. The molecule has 1 aromatic carbocycles. The molecular formula is C15H26N2O2S. The van der Waals surface area contributed by atoms with Crippen LogP contribution < -0.4 is 10.5 Å². The fraction of sp³-hybridized carbons (Fsp3) is 0.600. The molecule has 1 rings (SSSR count). The third-order valence-electron chi connectivity index (χ3n) is 3.30. The quantitative estimate of drug-likeness (QED) is 0.732. The molecule has 0 radical (unpaired) electrons. The Kier molecular flexibility index (Phi) is 7.19. The highest BCUT2D eigenvalue weighted by Gasteiger charge is 2.12. The summed E-state index contributed by atoms with van der Waals surface area (Å²) in [5, 5.41) is 0. The second kappa shape index (κ2) is 8.39. The summed E-state index contributed by atoms with van der Waals surface area (Å²) < 4.78 is 25.9. The summed E-state index contributed by atoms with van der Waals surface area (Å²) in [4.78, 5) is 0. The summed E-state index contributed by atoms with van der Waals surface area (Å²) in [7, 11) is -3.12. The molecule has 0 spiro atoms. The molecular weight excluding hydrogens is 272 g/mol. The molecule has 0 fully saturated rings. The second-order valence-electron chi connectivity index (χ2n) is 5.20. The van der Waals surface area contributed by atoms with Crippen molar-refractivity contribution in [3.63, 3.8) is 0 Å². The van der Waals surface area contributed by atoms with E-state index in [9.17, 15) is 8.42 Å². The highest BCUT2D eigenvalue weighted by atomic mass is 32.2. The summed E-state index contributed by atoms with van der Waals surface area (Å²) in [6, 6.07) is 8.35. The van der Waals surface area contributed by atoms with Gasteiger partial charge in [-0.1, -0.05) is 38.1 Å². The highest BCUT2D eigenvalue weighted by molar-refractivity contribution is 7.89. The molecule has 5 heteroatoms. The number of nitrogens with two attached hydrogens (primary N) is 1. The minimum absolute atomic E-state index is 0.171. The molecule has 0 aliphatic rings. The van der Waals surface area contributed by atoms with Crippen molar-refractivity contribution < 1.29 is 8.42 Å². The van der Waals surface area contributed by atoms with Gasteiger partial charge in [-0.3, -0.25) is 0 Å². The summed E-state index contributed by atoms with van der Waals surface area (Å²) >= 11 is 0. The Bertz CT molecular complexity index is 483. The molecule has 4 nitrogen and oxygen atoms in total. The molecule has 1 unspecified atom stereocenters. The molecule has 20 heavy (non-hydrogen) atoms. The van der Waals surface area contributed by atoms with Crippen LogP contribution in [0.5, 0.6) is 0 Å². The summed E-state index contributed by atoms with van der Waals surface area (Å²) in [6.07, 6.45) is 2.62. The zero-order valence-corrected chi connectivity index (χ0v) is 13.2. The van der Waals surface area contributed by atoms with E-state index in [1.807, 2.05) is 13.8 Å². The zero-order chi connectivity index (χ0) is 15.0. The first-order chi connectivity index (χ1) is 9.48. The highest BCUT2D eigenvalue weighted by Crippen LogP contribution is 2.16. The number of hydrogen-bond acceptors (Lipinski definition) is 3. The smallest absolute Gasteiger partial charge is 0.211 e. The van der Waals surface area contributed by atoms with E-state index in [1.165, 1.54) is 5.56 Å². The summed E-state index contributed by atoms with van der Waals surface area (Å²) in [6.45, 7) is 5.05. The predicted molar refractivity (Wildman–Crippen MR) is 84.3 cm³/mol. The number of nitrogens with one attached hydrogen (secondary N) is 1. The predicted octanol–water partition coefficient (Wildman–Crippen LogP) is 2.01. The molecule has 0 aliphatic heterocycles. The Morgan fingerprint density at radius 2 is 1.90 bits per heavy atom. The van der Waals surface area contributed by atoms with Crippen molar-refractivity contribution >= 4 is 10.0 Å². The normalized spacial score (nSPS) is 13.3. The van der Waals surface area contributed by atoms with Crippen molar-refractivity contribution in [2.24, 2.45) is 5.73 Å². The SMILES string of the molecule is CCCS(=O)(=O)NCC(C)c1ccc(CCCN)cc1. The lowest BCUT2D eigenvalue weighted by Crippen LogP contribution is -2.29. The minimum atomic E-state index is -3.12. The van der Waals surface area contributed by atoms with E-state index in [0.717, 1.165) is 18.4 Å². The lowest BCUT2D eigenvalue weighted by Gasteiger charge is -2.14. The van der Waals surface area contributed by atoms with Crippen LogP contribution in [-0.2, 0) is 16.4 Å². The Labute approximate surface area is 122 Å².